The molecule has 104 heavy (non-hydrogen) atoms. The number of anilines is 15. The molecule has 0 atom stereocenters. The van der Waals surface area contributed by atoms with Gasteiger partial charge in [0.1, 0.15) is 11.5 Å². The maximum atomic E-state index is 8.06. The predicted octanol–water partition coefficient (Wildman–Crippen LogP) is 21.8. The molecule has 0 saturated carbocycles. The normalized spacial score (nSPS) is 12.6. The zero-order valence-corrected chi connectivity index (χ0v) is 56.8. The maximum absolute atomic E-state index is 8.06. The highest BCUT2D eigenvalue weighted by Crippen LogP contribution is 2.55. The first kappa shape index (κ1) is 60.4. The van der Waals surface area contributed by atoms with Gasteiger partial charge in [0.2, 0.25) is 0 Å². The molecule has 8 heteroatoms. The van der Waals surface area contributed by atoms with E-state index in [9.17, 15) is 0 Å². The van der Waals surface area contributed by atoms with Gasteiger partial charge in [0.25, 0.3) is 13.4 Å². The number of benzene rings is 16. The van der Waals surface area contributed by atoms with Gasteiger partial charge >= 0.3 is 0 Å². The summed E-state index contributed by atoms with van der Waals surface area (Å²) >= 11 is 0. The maximum Gasteiger partial charge on any atom is 0.256 e. The topological polar surface area (TPSA) is 25.4 Å². The summed E-state index contributed by atoms with van der Waals surface area (Å²) in [5.74, 6) is 1.59. The van der Waals surface area contributed by atoms with Gasteiger partial charge in [-0.05, 0) is 146 Å². The van der Waals surface area contributed by atoms with Crippen LogP contribution in [0.25, 0.3) is 44.5 Å². The highest BCUT2D eigenvalue weighted by molar-refractivity contribution is 7.02. The third kappa shape index (κ3) is 9.97. The second kappa shape index (κ2) is 25.3. The molecule has 0 amide bonds. The molecule has 0 aromatic heterocycles. The molecule has 0 aliphatic carbocycles. The number of fused-ring (bicyclic) bond motifs is 8. The van der Waals surface area contributed by atoms with E-state index in [4.69, 9.17) is 4.74 Å². The molecule has 20 rings (SSSR count). The minimum Gasteiger partial charge on any atom is -0.458 e. The molecule has 16 aromatic rings. The van der Waals surface area contributed by atoms with Gasteiger partial charge < -0.3 is 29.2 Å². The molecule has 6 nitrogen and oxygen atoms in total. The molecule has 0 saturated heterocycles. The van der Waals surface area contributed by atoms with Crippen molar-refractivity contribution in [1.29, 1.82) is 0 Å². The monoisotopic (exact) mass is 1330 g/mol. The zero-order chi connectivity index (χ0) is 68.6. The van der Waals surface area contributed by atoms with Crippen LogP contribution in [-0.2, 0) is 0 Å². The molecule has 0 radical (unpaired) electrons. The highest BCUT2D eigenvalue weighted by Gasteiger charge is 2.49. The Bertz CT molecular complexity index is 5800. The van der Waals surface area contributed by atoms with Gasteiger partial charge in [-0.25, -0.2) is 0 Å². The van der Waals surface area contributed by atoms with E-state index in [0.29, 0.717) is 0 Å². The first-order valence-electron chi connectivity index (χ1n) is 35.8. The van der Waals surface area contributed by atoms with E-state index in [1.165, 1.54) is 21.9 Å². The fraction of sp³-hybridized carbons (Fsp3) is 0. The molecule has 0 N–H and O–H groups in total. The Morgan fingerprint density at radius 1 is 0.202 bits per heavy atom. The second-order valence-electron chi connectivity index (χ2n) is 27.0. The number of nitrogens with zero attached hydrogens (tertiary/aromatic N) is 5. The van der Waals surface area contributed by atoms with Gasteiger partial charge in [0.05, 0.1) is 28.4 Å². The van der Waals surface area contributed by atoms with Crippen LogP contribution in [0.1, 0.15) is 0 Å². The Morgan fingerprint density at radius 2 is 0.529 bits per heavy atom. The Labute approximate surface area is 607 Å². The number of hydrogen-bond acceptors (Lipinski definition) is 6. The van der Waals surface area contributed by atoms with Gasteiger partial charge in [0.15, 0.2) is 0 Å². The van der Waals surface area contributed by atoms with Gasteiger partial charge in [-0.15, -0.1) is 0 Å². The zero-order valence-electron chi connectivity index (χ0n) is 56.8. The van der Waals surface area contributed by atoms with Crippen LogP contribution in [0.2, 0.25) is 0 Å². The van der Waals surface area contributed by atoms with Crippen molar-refractivity contribution in [2.75, 3.05) is 24.5 Å². The Kier molecular flexibility index (Phi) is 14.7. The Morgan fingerprint density at radius 3 is 0.971 bits per heavy atom. The van der Waals surface area contributed by atoms with E-state index in [1.807, 2.05) is 0 Å². The Hall–Kier alpha value is -13.6. The average Bonchev–Trinajstić information content (AvgIpc) is 0.687. The molecule has 16 aromatic carbocycles. The Balaban J connectivity index is 0.898. The van der Waals surface area contributed by atoms with Gasteiger partial charge in [-0.2, -0.15) is 0 Å². The minimum atomic E-state index is -0.284. The lowest BCUT2D eigenvalue weighted by molar-refractivity contribution is 0.488. The third-order valence-electron chi connectivity index (χ3n) is 21.2. The molecular formula is C96H65B2N5O. The fourth-order valence-electron chi connectivity index (χ4n) is 16.9. The lowest BCUT2D eigenvalue weighted by atomic mass is 9.30. The van der Waals surface area contributed by atoms with Crippen LogP contribution in [0.15, 0.2) is 394 Å². The number of hydrogen-bond donors (Lipinski definition) is 0. The lowest BCUT2D eigenvalue weighted by Crippen LogP contribution is -2.64. The summed E-state index contributed by atoms with van der Waals surface area (Å²) in [4.78, 5) is 12.5. The molecule has 4 aliphatic heterocycles. The largest absolute Gasteiger partial charge is 0.458 e. The smallest absolute Gasteiger partial charge is 0.256 e. The van der Waals surface area contributed by atoms with Crippen LogP contribution in [0.4, 0.5) is 85.3 Å². The van der Waals surface area contributed by atoms with Crippen molar-refractivity contribution < 1.29 is 4.74 Å². The molecule has 4 aliphatic rings. The summed E-state index contributed by atoms with van der Waals surface area (Å²) in [6.07, 6.45) is 0. The lowest BCUT2D eigenvalue weighted by Gasteiger charge is -2.46. The summed E-state index contributed by atoms with van der Waals surface area (Å²) in [6.45, 7) is -0.545. The average molecular weight is 1330 g/mol. The van der Waals surface area contributed by atoms with Crippen LogP contribution in [0.3, 0.4) is 0 Å². The number of ether oxygens (including phenoxy) is 1. The second-order valence-corrected chi connectivity index (χ2v) is 27.0. The van der Waals surface area contributed by atoms with Crippen LogP contribution >= 0.6 is 0 Å². The van der Waals surface area contributed by atoms with Crippen LogP contribution in [0, 0.1) is 0 Å². The van der Waals surface area contributed by atoms with Crippen molar-refractivity contribution >= 4 is 132 Å². The highest BCUT2D eigenvalue weighted by atomic mass is 16.5. The van der Waals surface area contributed by atoms with Crippen molar-refractivity contribution in [3.63, 3.8) is 0 Å². The first-order chi connectivity index (χ1) is 51.7. The number of rotatable bonds is 13. The van der Waals surface area contributed by atoms with Crippen LogP contribution in [-0.4, -0.2) is 13.4 Å². The van der Waals surface area contributed by atoms with Crippen molar-refractivity contribution in [3.05, 3.63) is 394 Å². The van der Waals surface area contributed by atoms with Crippen LogP contribution < -0.4 is 62.0 Å². The SMILES string of the molecule is c1ccc(-c2ccccc2N2c3ccccc3B3c4cc5c(cc4N(c4ccccc4-c4ccccc4)c4cc(N(c6ccccc6)c6ccccc6)cc2c43)Oc2cc(N(c3ccccc3)c3ccccc3)cc3c2B5c2ccccc2N3c2c(-c3ccccc3)cccc2-c2ccccc2)cc1. The van der Waals surface area contributed by atoms with Crippen LogP contribution in [0.5, 0.6) is 11.5 Å². The van der Waals surface area contributed by atoms with E-state index < -0.39 is 0 Å². The predicted molar refractivity (Wildman–Crippen MR) is 437 cm³/mol. The summed E-state index contributed by atoms with van der Waals surface area (Å²) in [6, 6.07) is 144. The molecule has 0 unspecified atom stereocenters. The fourth-order valence-corrected chi connectivity index (χ4v) is 16.9. The molecular weight excluding hydrogens is 1260 g/mol. The van der Waals surface area contributed by atoms with Gasteiger partial charge in [-0.3, -0.25) is 0 Å². The molecule has 4 heterocycles. The standard InChI is InChI=1S/C96H65B2N5O/c1-9-34-66(35-10-1)76-50-25-29-56-84(76)101-86-58-31-27-54-80(86)97-82-64-83-92(65-88(82)102(85-57-30-26-51-77(85)67-36-11-2-12-37-67)90-61-74(60-89(101)94(90)97)99(70-42-17-5-18-43-70)71-44-19-6-20-45-71)104-93-63-75(100(72-46-21-7-22-47-72)73-48-23-8-24-49-73)62-91-95(93)98(83)81-55-28-32-59-87(81)103(91)96-78(68-38-13-3-14-39-68)52-33-53-79(96)69-40-15-4-16-41-69/h1-65H. The third-order valence-corrected chi connectivity index (χ3v) is 21.2. The first-order valence-corrected chi connectivity index (χ1v) is 35.8. The van der Waals surface area contributed by atoms with E-state index >= 15 is 0 Å². The summed E-state index contributed by atoms with van der Waals surface area (Å²) in [5.41, 5.74) is 31.8. The van der Waals surface area contributed by atoms with Gasteiger partial charge in [-0.1, -0.05) is 291 Å². The van der Waals surface area contributed by atoms with E-state index in [0.717, 1.165) is 152 Å². The van der Waals surface area contributed by atoms with E-state index in [-0.39, 0.29) is 13.4 Å². The quantitative estimate of drug-likeness (QED) is 0.107. The van der Waals surface area contributed by atoms with Crippen molar-refractivity contribution in [2.45, 2.75) is 0 Å². The van der Waals surface area contributed by atoms with Crippen molar-refractivity contribution in [1.82, 2.24) is 0 Å². The summed E-state index contributed by atoms with van der Waals surface area (Å²) < 4.78 is 8.06. The minimum absolute atomic E-state index is 0.261. The summed E-state index contributed by atoms with van der Waals surface area (Å²) in [5, 5.41) is 0. The molecule has 0 bridgehead atoms. The number of para-hydroxylation sites is 9. The van der Waals surface area contributed by atoms with E-state index in [1.54, 1.807) is 0 Å². The summed E-state index contributed by atoms with van der Waals surface area (Å²) in [7, 11) is 0. The molecule has 0 fully saturated rings. The van der Waals surface area contributed by atoms with E-state index in [2.05, 4.69) is 419 Å². The molecule has 486 valence electrons. The van der Waals surface area contributed by atoms with Crippen molar-refractivity contribution in [3.8, 4) is 56.0 Å². The molecule has 0 spiro atoms. The van der Waals surface area contributed by atoms with Crippen molar-refractivity contribution in [2.24, 2.45) is 0 Å². The van der Waals surface area contributed by atoms with Gasteiger partial charge in [0, 0.05) is 91.3 Å².